The zero-order valence-electron chi connectivity index (χ0n) is 48.5. The summed E-state index contributed by atoms with van der Waals surface area (Å²) in [5.74, 6) is -0.707. The number of hydrogen-bond acceptors (Lipinski definition) is 10. The second-order valence-corrected chi connectivity index (χ2v) is 22.5. The molecular weight excluding hydrogens is 943 g/mol. The molecule has 9 atom stereocenters. The molecule has 0 spiro atoms. The first-order valence-electron chi connectivity index (χ1n) is 31.9. The number of aliphatic hydroxyl groups is 7. The van der Waals surface area contributed by atoms with E-state index in [-0.39, 0.29) is 12.8 Å². The molecule has 0 aromatic rings. The van der Waals surface area contributed by atoms with Gasteiger partial charge in [-0.3, -0.25) is 4.79 Å². The van der Waals surface area contributed by atoms with Crippen molar-refractivity contribution in [3.05, 3.63) is 36.5 Å². The lowest BCUT2D eigenvalue weighted by atomic mass is 9.98. The van der Waals surface area contributed by atoms with E-state index in [1.165, 1.54) is 205 Å². The zero-order chi connectivity index (χ0) is 54.7. The minimum atomic E-state index is -1.67. The van der Waals surface area contributed by atoms with Crippen LogP contribution in [0.4, 0.5) is 0 Å². The predicted molar refractivity (Wildman–Crippen MR) is 312 cm³/mol. The fourth-order valence-electron chi connectivity index (χ4n) is 10.2. The molecule has 11 heteroatoms. The largest absolute Gasteiger partial charge is 0.394 e. The van der Waals surface area contributed by atoms with Crippen molar-refractivity contribution in [2.75, 3.05) is 13.2 Å². The number of hydrogen-bond donors (Lipinski definition) is 8. The molecule has 1 aliphatic rings. The van der Waals surface area contributed by atoms with Crippen molar-refractivity contribution in [3.8, 4) is 0 Å². The quantitative estimate of drug-likeness (QED) is 0.0215. The number of ether oxygens (including phenoxy) is 2. The summed E-state index contributed by atoms with van der Waals surface area (Å²) in [5.41, 5.74) is 0. The first-order valence-corrected chi connectivity index (χ1v) is 31.9. The van der Waals surface area contributed by atoms with E-state index in [2.05, 4.69) is 55.6 Å². The highest BCUT2D eigenvalue weighted by Gasteiger charge is 2.44. The number of allylic oxidation sites excluding steroid dienone is 6. The molecule has 1 fully saturated rings. The summed E-state index contributed by atoms with van der Waals surface area (Å²) in [7, 11) is 0. The van der Waals surface area contributed by atoms with Gasteiger partial charge in [0.2, 0.25) is 5.91 Å². The maximum atomic E-state index is 13.2. The van der Waals surface area contributed by atoms with E-state index in [4.69, 9.17) is 9.47 Å². The third kappa shape index (κ3) is 41.1. The Labute approximate surface area is 460 Å². The molecule has 1 aliphatic heterocycles. The van der Waals surface area contributed by atoms with Gasteiger partial charge in [-0.2, -0.15) is 0 Å². The van der Waals surface area contributed by atoms with Gasteiger partial charge in [-0.25, -0.2) is 0 Å². The van der Waals surface area contributed by atoms with E-state index >= 15 is 0 Å². The standard InChI is InChI=1S/C64H121NO10/c1-3-5-7-9-11-13-15-17-19-21-23-25-26-27-28-29-30-32-34-36-38-40-42-44-46-48-50-52-57(68)63(73)65-55(54-74-64-62(72)61(71)60(70)58(53-66)75-64)59(69)56(67)51-49-47-45-43-41-39-37-35-33-31-24-22-20-18-16-14-12-10-8-6-4-2/h22,24,35,37,43,45,55-62,64,66-72H,3-21,23,25-34,36,38-42,44,46-54H2,1-2H3,(H,65,73)/b24-22+,37-35+,45-43+. The summed E-state index contributed by atoms with van der Waals surface area (Å²) in [6.45, 7) is 3.47. The Morgan fingerprint density at radius 2 is 0.800 bits per heavy atom. The number of aliphatic hydroxyl groups excluding tert-OH is 7. The van der Waals surface area contributed by atoms with Crippen LogP contribution in [0.3, 0.4) is 0 Å². The average molecular weight is 1060 g/mol. The molecular formula is C64H121NO10. The molecule has 9 unspecified atom stereocenters. The lowest BCUT2D eigenvalue weighted by Gasteiger charge is -2.40. The van der Waals surface area contributed by atoms with Crippen LogP contribution in [0.2, 0.25) is 0 Å². The summed E-state index contributed by atoms with van der Waals surface area (Å²) in [6.07, 6.45) is 55.0. The Kier molecular flexibility index (Phi) is 50.4. The van der Waals surface area contributed by atoms with Gasteiger partial charge in [0.05, 0.1) is 25.4 Å². The summed E-state index contributed by atoms with van der Waals surface area (Å²) in [4.78, 5) is 13.2. The molecule has 75 heavy (non-hydrogen) atoms. The van der Waals surface area contributed by atoms with Gasteiger partial charge < -0.3 is 50.5 Å². The zero-order valence-corrected chi connectivity index (χ0v) is 48.5. The predicted octanol–water partition coefficient (Wildman–Crippen LogP) is 14.2. The van der Waals surface area contributed by atoms with Crippen molar-refractivity contribution >= 4 is 5.91 Å². The van der Waals surface area contributed by atoms with Crippen LogP contribution in [-0.4, -0.2) is 110 Å². The number of nitrogens with one attached hydrogen (secondary N) is 1. The van der Waals surface area contributed by atoms with Crippen molar-refractivity contribution in [1.29, 1.82) is 0 Å². The van der Waals surface area contributed by atoms with Crippen LogP contribution in [0.15, 0.2) is 36.5 Å². The van der Waals surface area contributed by atoms with Crippen molar-refractivity contribution in [2.24, 2.45) is 0 Å². The molecule has 0 aliphatic carbocycles. The molecule has 442 valence electrons. The van der Waals surface area contributed by atoms with Gasteiger partial charge >= 0.3 is 0 Å². The molecule has 1 saturated heterocycles. The minimum Gasteiger partial charge on any atom is -0.394 e. The van der Waals surface area contributed by atoms with Crippen LogP contribution < -0.4 is 5.32 Å². The Hall–Kier alpha value is -1.67. The monoisotopic (exact) mass is 1060 g/mol. The third-order valence-electron chi connectivity index (χ3n) is 15.4. The Balaban J connectivity index is 2.27. The average Bonchev–Trinajstić information content (AvgIpc) is 3.41. The SMILES string of the molecule is CCCCCCCCCC/C=C/CC/C=C/CC/C=C/CCCC(O)C(O)C(COC1OC(CO)C(O)C(O)C1O)NC(=O)C(O)CCCCCCCCCCCCCCCCCCCCCCCCCCCCC. The first kappa shape index (κ1) is 71.3. The van der Waals surface area contributed by atoms with Crippen LogP contribution in [0.25, 0.3) is 0 Å². The molecule has 0 aromatic heterocycles. The highest BCUT2D eigenvalue weighted by Crippen LogP contribution is 2.23. The second kappa shape index (κ2) is 53.0. The number of carbonyl (C=O) groups is 1. The summed E-state index contributed by atoms with van der Waals surface area (Å²) in [5, 5.41) is 76.3. The molecule has 1 amide bonds. The molecule has 1 rings (SSSR count). The maximum absolute atomic E-state index is 13.2. The fraction of sp³-hybridized carbons (Fsp3) is 0.891. The topological polar surface area (TPSA) is 189 Å². The van der Waals surface area contributed by atoms with Crippen LogP contribution in [0.5, 0.6) is 0 Å². The van der Waals surface area contributed by atoms with E-state index in [1.54, 1.807) is 0 Å². The first-order chi connectivity index (χ1) is 36.7. The summed E-state index contributed by atoms with van der Waals surface area (Å²) in [6, 6.07) is -1.19. The van der Waals surface area contributed by atoms with Gasteiger partial charge in [0.15, 0.2) is 6.29 Å². The molecule has 0 aromatic carbocycles. The Morgan fingerprint density at radius 3 is 1.19 bits per heavy atom. The second-order valence-electron chi connectivity index (χ2n) is 22.5. The summed E-state index contributed by atoms with van der Waals surface area (Å²) >= 11 is 0. The normalized spacial score (nSPS) is 19.9. The number of rotatable bonds is 55. The molecule has 1 heterocycles. The van der Waals surface area contributed by atoms with E-state index in [1.807, 2.05) is 0 Å². The Bertz CT molecular complexity index is 1310. The minimum absolute atomic E-state index is 0.243. The van der Waals surface area contributed by atoms with Gasteiger partial charge in [0, 0.05) is 0 Å². The molecule has 8 N–H and O–H groups in total. The van der Waals surface area contributed by atoms with E-state index in [0.29, 0.717) is 19.3 Å². The van der Waals surface area contributed by atoms with Gasteiger partial charge in [-0.15, -0.1) is 0 Å². The van der Waals surface area contributed by atoms with Gasteiger partial charge in [0.1, 0.15) is 36.6 Å². The number of amides is 1. The molecule has 11 nitrogen and oxygen atoms in total. The van der Waals surface area contributed by atoms with Crippen molar-refractivity contribution in [1.82, 2.24) is 5.32 Å². The maximum Gasteiger partial charge on any atom is 0.249 e. The van der Waals surface area contributed by atoms with Crippen LogP contribution in [-0.2, 0) is 14.3 Å². The molecule has 0 radical (unpaired) electrons. The third-order valence-corrected chi connectivity index (χ3v) is 15.4. The van der Waals surface area contributed by atoms with E-state index in [0.717, 1.165) is 44.9 Å². The lowest BCUT2D eigenvalue weighted by Crippen LogP contribution is -2.60. The van der Waals surface area contributed by atoms with Crippen molar-refractivity contribution < 1.29 is 50.0 Å². The fourth-order valence-corrected chi connectivity index (χ4v) is 10.2. The number of unbranched alkanes of at least 4 members (excludes halogenated alkanes) is 37. The molecule has 0 saturated carbocycles. The Morgan fingerprint density at radius 1 is 0.453 bits per heavy atom. The number of carbonyl (C=O) groups excluding carboxylic acids is 1. The van der Waals surface area contributed by atoms with E-state index in [9.17, 15) is 40.5 Å². The van der Waals surface area contributed by atoms with Crippen LogP contribution >= 0.6 is 0 Å². The smallest absolute Gasteiger partial charge is 0.249 e. The summed E-state index contributed by atoms with van der Waals surface area (Å²) < 4.78 is 11.1. The highest BCUT2D eigenvalue weighted by molar-refractivity contribution is 5.80. The molecule has 0 bridgehead atoms. The van der Waals surface area contributed by atoms with Gasteiger partial charge in [-0.05, 0) is 64.2 Å². The van der Waals surface area contributed by atoms with Gasteiger partial charge in [-0.1, -0.05) is 269 Å². The van der Waals surface area contributed by atoms with Crippen molar-refractivity contribution in [2.45, 2.75) is 351 Å². The van der Waals surface area contributed by atoms with E-state index < -0.39 is 74.2 Å². The van der Waals surface area contributed by atoms with Crippen LogP contribution in [0.1, 0.15) is 296 Å². The lowest BCUT2D eigenvalue weighted by molar-refractivity contribution is -0.303. The highest BCUT2D eigenvalue weighted by atomic mass is 16.7. The van der Waals surface area contributed by atoms with Crippen LogP contribution in [0, 0.1) is 0 Å². The van der Waals surface area contributed by atoms with Gasteiger partial charge in [0.25, 0.3) is 0 Å². The van der Waals surface area contributed by atoms with Crippen molar-refractivity contribution in [3.63, 3.8) is 0 Å².